The minimum absolute atomic E-state index is 0.146. The van der Waals surface area contributed by atoms with Crippen LogP contribution < -0.4 is 15.4 Å². The Balaban J connectivity index is 2.62. The molecule has 1 aromatic carbocycles. The van der Waals surface area contributed by atoms with Gasteiger partial charge in [0.05, 0.1) is 4.90 Å². The van der Waals surface area contributed by atoms with Gasteiger partial charge >= 0.3 is 0 Å². The van der Waals surface area contributed by atoms with Gasteiger partial charge in [0.15, 0.2) is 0 Å². The highest BCUT2D eigenvalue weighted by atomic mass is 32.2. The first kappa shape index (κ1) is 19.9. The molecule has 0 aliphatic heterocycles. The van der Waals surface area contributed by atoms with Crippen molar-refractivity contribution >= 4 is 27.9 Å². The van der Waals surface area contributed by atoms with Crippen molar-refractivity contribution in [3.63, 3.8) is 0 Å². The van der Waals surface area contributed by atoms with Crippen LogP contribution in [0.4, 0.5) is 0 Å². The Bertz CT molecular complexity index is 697. The molecule has 0 saturated carbocycles. The summed E-state index contributed by atoms with van der Waals surface area (Å²) in [4.78, 5) is 23.6. The quantitative estimate of drug-likeness (QED) is 0.597. The predicted octanol–water partition coefficient (Wildman–Crippen LogP) is 0.639. The Morgan fingerprint density at radius 2 is 1.83 bits per heavy atom. The van der Waals surface area contributed by atoms with Gasteiger partial charge < -0.3 is 10.6 Å². The van der Waals surface area contributed by atoms with E-state index in [1.54, 1.807) is 25.1 Å². The number of rotatable bonds is 8. The van der Waals surface area contributed by atoms with Crippen molar-refractivity contribution < 1.29 is 18.0 Å². The van der Waals surface area contributed by atoms with Crippen LogP contribution in [-0.2, 0) is 19.6 Å². The number of sulfonamides is 1. The average Bonchev–Trinajstić information content (AvgIpc) is 2.58. The predicted molar refractivity (Wildman–Crippen MR) is 92.6 cm³/mol. The maximum atomic E-state index is 11.8. The highest BCUT2D eigenvalue weighted by Gasteiger charge is 2.13. The zero-order valence-corrected chi connectivity index (χ0v) is 14.8. The van der Waals surface area contributed by atoms with Crippen LogP contribution in [0.3, 0.4) is 0 Å². The number of hydrogen-bond acceptors (Lipinski definition) is 4. The van der Waals surface area contributed by atoms with Crippen LogP contribution in [0.25, 0.3) is 6.08 Å². The first-order valence-electron chi connectivity index (χ1n) is 7.60. The molecule has 3 N–H and O–H groups in total. The highest BCUT2D eigenvalue weighted by Crippen LogP contribution is 2.11. The van der Waals surface area contributed by atoms with E-state index in [9.17, 15) is 18.0 Å². The maximum absolute atomic E-state index is 11.8. The molecule has 8 heteroatoms. The molecule has 0 aromatic heterocycles. The van der Waals surface area contributed by atoms with Gasteiger partial charge in [-0.1, -0.05) is 19.1 Å². The van der Waals surface area contributed by atoms with E-state index in [0.717, 1.165) is 6.42 Å². The monoisotopic (exact) mass is 353 g/mol. The normalized spacial score (nSPS) is 12.8. The third-order valence-electron chi connectivity index (χ3n) is 3.19. The molecule has 0 saturated heterocycles. The third kappa shape index (κ3) is 6.13. The van der Waals surface area contributed by atoms with E-state index in [2.05, 4.69) is 15.4 Å². The molecule has 0 heterocycles. The molecule has 1 atom stereocenters. The fourth-order valence-electron chi connectivity index (χ4n) is 1.78. The molecule has 7 nitrogen and oxygen atoms in total. The average molecular weight is 353 g/mol. The fourth-order valence-corrected chi connectivity index (χ4v) is 2.51. The molecule has 2 amide bonds. The van der Waals surface area contributed by atoms with Gasteiger partial charge in [0.25, 0.3) is 0 Å². The van der Waals surface area contributed by atoms with Crippen molar-refractivity contribution in [1.82, 2.24) is 15.4 Å². The summed E-state index contributed by atoms with van der Waals surface area (Å²) in [6.45, 7) is 4.12. The minimum atomic E-state index is -3.48. The second-order valence-electron chi connectivity index (χ2n) is 5.13. The van der Waals surface area contributed by atoms with Gasteiger partial charge in [0, 0.05) is 12.6 Å². The summed E-state index contributed by atoms with van der Waals surface area (Å²) in [5.74, 6) is -0.638. The van der Waals surface area contributed by atoms with Crippen molar-refractivity contribution in [2.75, 3.05) is 13.6 Å². The third-order valence-corrected chi connectivity index (χ3v) is 4.62. The Hall–Kier alpha value is -2.19. The van der Waals surface area contributed by atoms with E-state index in [4.69, 9.17) is 0 Å². The van der Waals surface area contributed by atoms with Gasteiger partial charge in [0.1, 0.15) is 6.04 Å². The van der Waals surface area contributed by atoms with E-state index in [1.165, 1.54) is 25.3 Å². The lowest BCUT2D eigenvalue weighted by Crippen LogP contribution is -2.44. The summed E-state index contributed by atoms with van der Waals surface area (Å²) in [7, 11) is -2.14. The van der Waals surface area contributed by atoms with Crippen LogP contribution in [0.2, 0.25) is 0 Å². The summed E-state index contributed by atoms with van der Waals surface area (Å²) >= 11 is 0. The standard InChI is InChI=1S/C16H23N3O4S/c1-4-11-18-16(21)12(2)19-15(20)10-7-13-5-8-14(9-6-13)24(22,23)17-3/h5-10,12,17H,4,11H2,1-3H3,(H,18,21)(H,19,20)/b10-7+. The Kier molecular flexibility index (Phi) is 7.60. The van der Waals surface area contributed by atoms with Crippen molar-refractivity contribution in [2.45, 2.75) is 31.2 Å². The largest absolute Gasteiger partial charge is 0.354 e. The van der Waals surface area contributed by atoms with E-state index >= 15 is 0 Å². The van der Waals surface area contributed by atoms with Gasteiger partial charge in [-0.15, -0.1) is 0 Å². The smallest absolute Gasteiger partial charge is 0.244 e. The van der Waals surface area contributed by atoms with Crippen molar-refractivity contribution in [3.8, 4) is 0 Å². The van der Waals surface area contributed by atoms with Crippen LogP contribution in [0.15, 0.2) is 35.2 Å². The number of benzene rings is 1. The number of amides is 2. The molecule has 132 valence electrons. The molecule has 0 radical (unpaired) electrons. The lowest BCUT2D eigenvalue weighted by Gasteiger charge is -2.12. The molecule has 1 unspecified atom stereocenters. The number of carbonyl (C=O) groups is 2. The molecule has 24 heavy (non-hydrogen) atoms. The Labute approximate surface area is 142 Å². The molecule has 0 fully saturated rings. The topological polar surface area (TPSA) is 104 Å². The van der Waals surface area contributed by atoms with Crippen LogP contribution >= 0.6 is 0 Å². The van der Waals surface area contributed by atoms with Crippen LogP contribution in [0, 0.1) is 0 Å². The van der Waals surface area contributed by atoms with Gasteiger partial charge in [-0.25, -0.2) is 13.1 Å². The zero-order valence-electron chi connectivity index (χ0n) is 14.0. The van der Waals surface area contributed by atoms with E-state index in [-0.39, 0.29) is 10.8 Å². The summed E-state index contributed by atoms with van der Waals surface area (Å²) < 4.78 is 25.4. The molecule has 0 spiro atoms. The van der Waals surface area contributed by atoms with Crippen LogP contribution in [0.1, 0.15) is 25.8 Å². The molecule has 0 aliphatic carbocycles. The number of hydrogen-bond donors (Lipinski definition) is 3. The summed E-state index contributed by atoms with van der Waals surface area (Å²) in [6.07, 6.45) is 3.67. The first-order valence-corrected chi connectivity index (χ1v) is 9.08. The highest BCUT2D eigenvalue weighted by molar-refractivity contribution is 7.89. The van der Waals surface area contributed by atoms with Gasteiger partial charge in [-0.2, -0.15) is 0 Å². The number of carbonyl (C=O) groups excluding carboxylic acids is 2. The summed E-state index contributed by atoms with van der Waals surface area (Å²) in [5.41, 5.74) is 0.670. The SMILES string of the molecule is CCCNC(=O)C(C)NC(=O)/C=C/c1ccc(S(=O)(=O)NC)cc1. The maximum Gasteiger partial charge on any atom is 0.244 e. The first-order chi connectivity index (χ1) is 11.3. The van der Waals surface area contributed by atoms with Crippen molar-refractivity contribution in [2.24, 2.45) is 0 Å². The lowest BCUT2D eigenvalue weighted by molar-refractivity contribution is -0.126. The van der Waals surface area contributed by atoms with Crippen LogP contribution in [-0.4, -0.2) is 39.9 Å². The molecular weight excluding hydrogens is 330 g/mol. The fraction of sp³-hybridized carbons (Fsp3) is 0.375. The Morgan fingerprint density at radius 3 is 2.38 bits per heavy atom. The van der Waals surface area contributed by atoms with E-state index in [1.807, 2.05) is 6.92 Å². The summed E-state index contributed by atoms with van der Waals surface area (Å²) in [6, 6.07) is 5.45. The van der Waals surface area contributed by atoms with Gasteiger partial charge in [-0.05, 0) is 44.2 Å². The molecule has 0 bridgehead atoms. The Morgan fingerprint density at radius 1 is 1.21 bits per heavy atom. The van der Waals surface area contributed by atoms with Crippen molar-refractivity contribution in [1.29, 1.82) is 0 Å². The molecule has 1 aromatic rings. The molecule has 0 aliphatic rings. The second kappa shape index (κ2) is 9.19. The number of nitrogens with one attached hydrogen (secondary N) is 3. The molecule has 1 rings (SSSR count). The second-order valence-corrected chi connectivity index (χ2v) is 7.02. The zero-order chi connectivity index (χ0) is 18.2. The lowest BCUT2D eigenvalue weighted by atomic mass is 10.2. The van der Waals surface area contributed by atoms with E-state index in [0.29, 0.717) is 12.1 Å². The summed E-state index contributed by atoms with van der Waals surface area (Å²) in [5, 5.41) is 5.26. The van der Waals surface area contributed by atoms with Gasteiger partial charge in [-0.3, -0.25) is 9.59 Å². The van der Waals surface area contributed by atoms with Gasteiger partial charge in [0.2, 0.25) is 21.8 Å². The molecular formula is C16H23N3O4S. The minimum Gasteiger partial charge on any atom is -0.354 e. The van der Waals surface area contributed by atoms with Crippen LogP contribution in [0.5, 0.6) is 0 Å². The van der Waals surface area contributed by atoms with Crippen molar-refractivity contribution in [3.05, 3.63) is 35.9 Å². The van der Waals surface area contributed by atoms with E-state index < -0.39 is 22.0 Å².